The quantitative estimate of drug-likeness (QED) is 0.609. The van der Waals surface area contributed by atoms with Gasteiger partial charge in [-0.1, -0.05) is 18.2 Å². The normalized spacial score (nSPS) is 14.8. The van der Waals surface area contributed by atoms with Crippen molar-refractivity contribution in [2.75, 3.05) is 13.6 Å². The molecule has 7 nitrogen and oxygen atoms in total. The van der Waals surface area contributed by atoms with Crippen molar-refractivity contribution >= 4 is 5.96 Å². The molecule has 1 aliphatic rings. The molecule has 1 heterocycles. The van der Waals surface area contributed by atoms with Crippen LogP contribution in [0.5, 0.6) is 5.75 Å². The summed E-state index contributed by atoms with van der Waals surface area (Å²) in [6.45, 7) is 4.10. The predicted octanol–water partition coefficient (Wildman–Crippen LogP) is 2.34. The first-order chi connectivity index (χ1) is 12.7. The fraction of sp³-hybridized carbons (Fsp3) is 0.526. The highest BCUT2D eigenvalue weighted by molar-refractivity contribution is 5.79. The smallest absolute Gasteiger partial charge is 0.194 e. The molecule has 1 fully saturated rings. The maximum atomic E-state index is 6.11. The Hall–Kier alpha value is -2.57. The van der Waals surface area contributed by atoms with Crippen molar-refractivity contribution in [3.05, 3.63) is 42.0 Å². The number of nitrogens with zero attached hydrogens (tertiary/aromatic N) is 5. The molecule has 0 saturated heterocycles. The standard InChI is InChI=1S/C19H28N6O/c1-4-20-19(24(2)13-18-22-14-23-25(18)3)21-12-15-8-5-6-11-17(15)26-16-9-7-10-16/h5-6,8,11,14,16H,4,7,9-10,12-13H2,1-3H3,(H,20,21). The lowest BCUT2D eigenvalue weighted by atomic mass is 9.96. The molecule has 0 bridgehead atoms. The summed E-state index contributed by atoms with van der Waals surface area (Å²) in [5.74, 6) is 2.69. The van der Waals surface area contributed by atoms with Gasteiger partial charge in [0.15, 0.2) is 5.96 Å². The van der Waals surface area contributed by atoms with Crippen molar-refractivity contribution < 1.29 is 4.74 Å². The summed E-state index contributed by atoms with van der Waals surface area (Å²) in [7, 11) is 3.90. The first kappa shape index (κ1) is 18.2. The van der Waals surface area contributed by atoms with Crippen LogP contribution < -0.4 is 10.1 Å². The lowest BCUT2D eigenvalue weighted by Gasteiger charge is -2.27. The van der Waals surface area contributed by atoms with Crippen molar-refractivity contribution in [3.63, 3.8) is 0 Å². The number of hydrogen-bond acceptors (Lipinski definition) is 4. The van der Waals surface area contributed by atoms with Crippen molar-refractivity contribution in [2.45, 2.75) is 45.4 Å². The van der Waals surface area contributed by atoms with E-state index in [1.54, 1.807) is 11.0 Å². The van der Waals surface area contributed by atoms with E-state index in [-0.39, 0.29) is 0 Å². The van der Waals surface area contributed by atoms with Crippen molar-refractivity contribution in [1.82, 2.24) is 25.0 Å². The highest BCUT2D eigenvalue weighted by atomic mass is 16.5. The summed E-state index contributed by atoms with van der Waals surface area (Å²) in [5.41, 5.74) is 1.11. The number of ether oxygens (including phenoxy) is 1. The third kappa shape index (κ3) is 4.53. The zero-order valence-electron chi connectivity index (χ0n) is 15.9. The van der Waals surface area contributed by atoms with Crippen molar-refractivity contribution in [3.8, 4) is 5.75 Å². The molecule has 1 aromatic heterocycles. The molecule has 0 spiro atoms. The molecule has 0 amide bonds. The molecule has 7 heteroatoms. The Kier molecular flexibility index (Phi) is 6.09. The Morgan fingerprint density at radius 2 is 2.19 bits per heavy atom. The lowest BCUT2D eigenvalue weighted by molar-refractivity contribution is 0.119. The summed E-state index contributed by atoms with van der Waals surface area (Å²) >= 11 is 0. The molecule has 1 saturated carbocycles. The molecule has 140 valence electrons. The maximum Gasteiger partial charge on any atom is 0.194 e. The number of rotatable bonds is 7. The molecule has 1 aliphatic carbocycles. The van der Waals surface area contributed by atoms with Crippen LogP contribution in [0.2, 0.25) is 0 Å². The Bertz CT molecular complexity index is 737. The van der Waals surface area contributed by atoms with E-state index in [1.165, 1.54) is 6.42 Å². The second-order valence-electron chi connectivity index (χ2n) is 6.60. The largest absolute Gasteiger partial charge is 0.490 e. The van der Waals surface area contributed by atoms with Gasteiger partial charge >= 0.3 is 0 Å². The van der Waals surface area contributed by atoms with Crippen LogP contribution in [0.3, 0.4) is 0 Å². The molecular weight excluding hydrogens is 328 g/mol. The van der Waals surface area contributed by atoms with Crippen LogP contribution >= 0.6 is 0 Å². The van der Waals surface area contributed by atoms with E-state index in [4.69, 9.17) is 9.73 Å². The predicted molar refractivity (Wildman–Crippen MR) is 102 cm³/mol. The SMILES string of the molecule is CCNC(=NCc1ccccc1OC1CCC1)N(C)Cc1ncnn1C. The Balaban J connectivity index is 1.69. The number of aryl methyl sites for hydroxylation is 1. The molecule has 0 atom stereocenters. The minimum absolute atomic E-state index is 0.368. The molecule has 0 radical (unpaired) electrons. The number of guanidine groups is 1. The molecular formula is C19H28N6O. The number of benzene rings is 1. The van der Waals surface area contributed by atoms with E-state index in [2.05, 4.69) is 33.3 Å². The van der Waals surface area contributed by atoms with Gasteiger partial charge in [0.2, 0.25) is 0 Å². The van der Waals surface area contributed by atoms with Gasteiger partial charge < -0.3 is 15.0 Å². The van der Waals surface area contributed by atoms with Crippen LogP contribution in [-0.4, -0.2) is 45.3 Å². The Morgan fingerprint density at radius 3 is 2.85 bits per heavy atom. The molecule has 26 heavy (non-hydrogen) atoms. The topological polar surface area (TPSA) is 67.6 Å². The minimum atomic E-state index is 0.368. The van der Waals surface area contributed by atoms with Crippen molar-refractivity contribution in [2.24, 2.45) is 12.0 Å². The van der Waals surface area contributed by atoms with Crippen LogP contribution in [0.1, 0.15) is 37.6 Å². The van der Waals surface area contributed by atoms with E-state index >= 15 is 0 Å². The van der Waals surface area contributed by atoms with E-state index in [1.807, 2.05) is 32.3 Å². The first-order valence-electron chi connectivity index (χ1n) is 9.24. The highest BCUT2D eigenvalue weighted by Crippen LogP contribution is 2.27. The van der Waals surface area contributed by atoms with Crippen LogP contribution in [0.4, 0.5) is 0 Å². The summed E-state index contributed by atoms with van der Waals surface area (Å²) in [6, 6.07) is 8.18. The van der Waals surface area contributed by atoms with E-state index < -0.39 is 0 Å². The average Bonchev–Trinajstić information content (AvgIpc) is 3.00. The Morgan fingerprint density at radius 1 is 1.38 bits per heavy atom. The van der Waals surface area contributed by atoms with E-state index in [0.29, 0.717) is 19.2 Å². The van der Waals surface area contributed by atoms with E-state index in [9.17, 15) is 0 Å². The summed E-state index contributed by atoms with van der Waals surface area (Å²) in [5, 5.41) is 7.47. The number of hydrogen-bond donors (Lipinski definition) is 1. The van der Waals surface area contributed by atoms with Gasteiger partial charge in [0.1, 0.15) is 17.9 Å². The molecule has 2 aromatic rings. The highest BCUT2D eigenvalue weighted by Gasteiger charge is 2.20. The summed E-state index contributed by atoms with van der Waals surface area (Å²) < 4.78 is 7.89. The molecule has 3 rings (SSSR count). The molecule has 1 N–H and O–H groups in total. The molecule has 0 unspecified atom stereocenters. The van der Waals surface area contributed by atoms with Gasteiger partial charge in [-0.2, -0.15) is 5.10 Å². The Labute approximate surface area is 155 Å². The third-order valence-electron chi connectivity index (χ3n) is 4.60. The van der Waals surface area contributed by atoms with Crippen LogP contribution in [-0.2, 0) is 20.1 Å². The fourth-order valence-electron chi connectivity index (χ4n) is 2.80. The number of aliphatic imine (C=N–C) groups is 1. The maximum absolute atomic E-state index is 6.11. The van der Waals surface area contributed by atoms with Gasteiger partial charge in [0.25, 0.3) is 0 Å². The van der Waals surface area contributed by atoms with Gasteiger partial charge in [0.05, 0.1) is 19.2 Å². The summed E-state index contributed by atoms with van der Waals surface area (Å²) in [6.07, 6.45) is 5.51. The third-order valence-corrected chi connectivity index (χ3v) is 4.60. The minimum Gasteiger partial charge on any atom is -0.490 e. The zero-order valence-corrected chi connectivity index (χ0v) is 15.9. The van der Waals surface area contributed by atoms with Crippen LogP contribution in [0.15, 0.2) is 35.6 Å². The number of para-hydroxylation sites is 1. The van der Waals surface area contributed by atoms with Gasteiger partial charge in [-0.25, -0.2) is 9.98 Å². The van der Waals surface area contributed by atoms with Gasteiger partial charge in [-0.05, 0) is 32.3 Å². The number of aromatic nitrogens is 3. The molecule has 0 aliphatic heterocycles. The number of nitrogens with one attached hydrogen (secondary N) is 1. The fourth-order valence-corrected chi connectivity index (χ4v) is 2.80. The van der Waals surface area contributed by atoms with Crippen LogP contribution in [0.25, 0.3) is 0 Å². The van der Waals surface area contributed by atoms with Gasteiger partial charge in [0, 0.05) is 26.2 Å². The summed E-state index contributed by atoms with van der Waals surface area (Å²) in [4.78, 5) is 11.1. The lowest BCUT2D eigenvalue weighted by Crippen LogP contribution is -2.39. The van der Waals surface area contributed by atoms with Crippen LogP contribution in [0, 0.1) is 0 Å². The van der Waals surface area contributed by atoms with Gasteiger partial charge in [-0.3, -0.25) is 4.68 Å². The average molecular weight is 356 g/mol. The second kappa shape index (κ2) is 8.69. The van der Waals surface area contributed by atoms with Crippen molar-refractivity contribution in [1.29, 1.82) is 0 Å². The van der Waals surface area contributed by atoms with Gasteiger partial charge in [-0.15, -0.1) is 0 Å². The zero-order chi connectivity index (χ0) is 18.4. The van der Waals surface area contributed by atoms with E-state index in [0.717, 1.165) is 42.5 Å². The molecule has 1 aromatic carbocycles. The monoisotopic (exact) mass is 356 g/mol. The second-order valence-corrected chi connectivity index (χ2v) is 6.60. The first-order valence-corrected chi connectivity index (χ1v) is 9.24.